The van der Waals surface area contributed by atoms with Gasteiger partial charge in [0.1, 0.15) is 0 Å². The quantitative estimate of drug-likeness (QED) is 0.652. The normalized spacial score (nSPS) is 23.5. The van der Waals surface area contributed by atoms with Crippen molar-refractivity contribution in [2.24, 2.45) is 5.92 Å². The molecule has 0 bridgehead atoms. The highest BCUT2D eigenvalue weighted by Gasteiger charge is 2.19. The fourth-order valence-electron chi connectivity index (χ4n) is 2.90. The van der Waals surface area contributed by atoms with Crippen LogP contribution in [0.15, 0.2) is 17.2 Å². The molecule has 1 N–H and O–H groups in total. The van der Waals surface area contributed by atoms with Crippen LogP contribution in [0.2, 0.25) is 0 Å². The number of nitrogens with one attached hydrogen (secondary N) is 1. The summed E-state index contributed by atoms with van der Waals surface area (Å²) in [5.74, 6) is 1.96. The van der Waals surface area contributed by atoms with Gasteiger partial charge in [-0.25, -0.2) is 4.98 Å². The molecule has 1 aromatic rings. The highest BCUT2D eigenvalue weighted by atomic mass is 32.2. The van der Waals surface area contributed by atoms with Crippen LogP contribution in [0.3, 0.4) is 0 Å². The van der Waals surface area contributed by atoms with Crippen molar-refractivity contribution in [3.05, 3.63) is 23.4 Å². The summed E-state index contributed by atoms with van der Waals surface area (Å²) in [7, 11) is 0. The second-order valence-corrected chi connectivity index (χ2v) is 6.91. The van der Waals surface area contributed by atoms with E-state index in [4.69, 9.17) is 0 Å². The summed E-state index contributed by atoms with van der Waals surface area (Å²) in [4.78, 5) is 4.57. The Balaban J connectivity index is 1.71. The summed E-state index contributed by atoms with van der Waals surface area (Å²) >= 11 is 1.86. The Morgan fingerprint density at radius 3 is 2.79 bits per heavy atom. The van der Waals surface area contributed by atoms with Gasteiger partial charge in [-0.05, 0) is 50.3 Å². The van der Waals surface area contributed by atoms with E-state index in [1.807, 2.05) is 11.8 Å². The van der Waals surface area contributed by atoms with Gasteiger partial charge in [-0.1, -0.05) is 19.8 Å². The fraction of sp³-hybridized carbons (Fsp3) is 0.688. The van der Waals surface area contributed by atoms with E-state index in [9.17, 15) is 0 Å². The minimum absolute atomic E-state index is 0.738. The predicted molar refractivity (Wildman–Crippen MR) is 83.9 cm³/mol. The van der Waals surface area contributed by atoms with E-state index in [-0.39, 0.29) is 0 Å². The number of thioether (sulfide) groups is 1. The summed E-state index contributed by atoms with van der Waals surface area (Å²) in [5, 5.41) is 4.89. The molecule has 1 aliphatic rings. The number of nitrogens with zero attached hydrogens (tertiary/aromatic N) is 1. The molecule has 0 aromatic carbocycles. The number of aromatic nitrogens is 1. The van der Waals surface area contributed by atoms with E-state index in [0.717, 1.165) is 35.0 Å². The lowest BCUT2D eigenvalue weighted by molar-refractivity contribution is 0.285. The lowest BCUT2D eigenvalue weighted by Gasteiger charge is -2.29. The third kappa shape index (κ3) is 4.81. The topological polar surface area (TPSA) is 24.9 Å². The molecule has 2 atom stereocenters. The molecule has 3 heteroatoms. The third-order valence-electron chi connectivity index (χ3n) is 3.94. The van der Waals surface area contributed by atoms with E-state index in [2.05, 4.69) is 43.2 Å². The van der Waals surface area contributed by atoms with E-state index in [1.54, 1.807) is 0 Å². The fourth-order valence-corrected chi connectivity index (χ4v) is 3.80. The van der Waals surface area contributed by atoms with Gasteiger partial charge >= 0.3 is 0 Å². The Bertz CT molecular complexity index is 385. The first-order valence-electron chi connectivity index (χ1n) is 7.46. The zero-order chi connectivity index (χ0) is 13.7. The van der Waals surface area contributed by atoms with Gasteiger partial charge in [0.25, 0.3) is 0 Å². The van der Waals surface area contributed by atoms with E-state index in [1.165, 1.54) is 31.2 Å². The number of hydrogen-bond donors (Lipinski definition) is 1. The van der Waals surface area contributed by atoms with E-state index in [0.29, 0.717) is 0 Å². The first-order chi connectivity index (χ1) is 9.15. The van der Waals surface area contributed by atoms with Crippen LogP contribution < -0.4 is 5.32 Å². The van der Waals surface area contributed by atoms with Crippen molar-refractivity contribution in [1.29, 1.82) is 0 Å². The van der Waals surface area contributed by atoms with Crippen LogP contribution in [0.1, 0.15) is 43.9 Å². The maximum atomic E-state index is 4.57. The van der Waals surface area contributed by atoms with Gasteiger partial charge in [0.05, 0.1) is 5.03 Å². The van der Waals surface area contributed by atoms with Crippen LogP contribution in [-0.4, -0.2) is 23.3 Å². The minimum atomic E-state index is 0.738. The minimum Gasteiger partial charge on any atom is -0.313 e. The van der Waals surface area contributed by atoms with Gasteiger partial charge in [0.15, 0.2) is 0 Å². The SMILES string of the molecule is Cc1cc(C)nc(SCCNC2CCCCC2C)c1. The Hall–Kier alpha value is -0.540. The Morgan fingerprint density at radius 2 is 2.05 bits per heavy atom. The molecule has 19 heavy (non-hydrogen) atoms. The molecular formula is C16H26N2S. The molecule has 2 nitrogen and oxygen atoms in total. The van der Waals surface area contributed by atoms with Crippen LogP contribution in [0.5, 0.6) is 0 Å². The molecular weight excluding hydrogens is 252 g/mol. The zero-order valence-electron chi connectivity index (χ0n) is 12.4. The van der Waals surface area contributed by atoms with Crippen LogP contribution in [-0.2, 0) is 0 Å². The number of pyridine rings is 1. The molecule has 0 aliphatic heterocycles. The summed E-state index contributed by atoms with van der Waals surface area (Å²) in [6, 6.07) is 5.05. The summed E-state index contributed by atoms with van der Waals surface area (Å²) < 4.78 is 0. The maximum Gasteiger partial charge on any atom is 0.0966 e. The molecule has 0 radical (unpaired) electrons. The molecule has 1 heterocycles. The van der Waals surface area contributed by atoms with Gasteiger partial charge in [0.2, 0.25) is 0 Å². The Labute approximate surface area is 121 Å². The van der Waals surface area contributed by atoms with Crippen molar-refractivity contribution >= 4 is 11.8 Å². The van der Waals surface area contributed by atoms with E-state index < -0.39 is 0 Å². The van der Waals surface area contributed by atoms with Crippen LogP contribution in [0, 0.1) is 19.8 Å². The first-order valence-corrected chi connectivity index (χ1v) is 8.45. The molecule has 106 valence electrons. The van der Waals surface area contributed by atoms with E-state index >= 15 is 0 Å². The highest BCUT2D eigenvalue weighted by molar-refractivity contribution is 7.99. The summed E-state index contributed by atoms with van der Waals surface area (Å²) in [5.41, 5.74) is 2.43. The summed E-state index contributed by atoms with van der Waals surface area (Å²) in [6.45, 7) is 7.68. The molecule has 1 saturated carbocycles. The number of aryl methyl sites for hydroxylation is 2. The zero-order valence-corrected chi connectivity index (χ0v) is 13.2. The van der Waals surface area contributed by atoms with Gasteiger partial charge in [0, 0.05) is 24.0 Å². The Kier molecular flexibility index (Phi) is 5.71. The van der Waals surface area contributed by atoms with Gasteiger partial charge in [-0.2, -0.15) is 0 Å². The van der Waals surface area contributed by atoms with Crippen molar-refractivity contribution in [2.45, 2.75) is 57.5 Å². The van der Waals surface area contributed by atoms with Crippen molar-refractivity contribution in [2.75, 3.05) is 12.3 Å². The number of rotatable bonds is 5. The van der Waals surface area contributed by atoms with Gasteiger partial charge in [-0.3, -0.25) is 0 Å². The first kappa shape index (κ1) is 14.9. The largest absolute Gasteiger partial charge is 0.313 e. The number of hydrogen-bond acceptors (Lipinski definition) is 3. The molecule has 0 saturated heterocycles. The average Bonchev–Trinajstić information content (AvgIpc) is 2.35. The molecule has 2 unspecified atom stereocenters. The molecule has 1 aromatic heterocycles. The molecule has 2 rings (SSSR count). The van der Waals surface area contributed by atoms with Crippen molar-refractivity contribution < 1.29 is 0 Å². The molecule has 0 spiro atoms. The highest BCUT2D eigenvalue weighted by Crippen LogP contribution is 2.24. The smallest absolute Gasteiger partial charge is 0.0966 e. The van der Waals surface area contributed by atoms with Crippen molar-refractivity contribution in [1.82, 2.24) is 10.3 Å². The standard InChI is InChI=1S/C16H26N2S/c1-12-10-14(3)18-16(11-12)19-9-8-17-15-7-5-4-6-13(15)2/h10-11,13,15,17H,4-9H2,1-3H3. The lowest BCUT2D eigenvalue weighted by Crippen LogP contribution is -2.38. The van der Waals surface area contributed by atoms with Crippen molar-refractivity contribution in [3.63, 3.8) is 0 Å². The molecule has 0 amide bonds. The van der Waals surface area contributed by atoms with Gasteiger partial charge in [-0.15, -0.1) is 11.8 Å². The van der Waals surface area contributed by atoms with Gasteiger partial charge < -0.3 is 5.32 Å². The van der Waals surface area contributed by atoms with Crippen LogP contribution >= 0.6 is 11.8 Å². The molecule has 1 fully saturated rings. The van der Waals surface area contributed by atoms with Crippen molar-refractivity contribution in [3.8, 4) is 0 Å². The second-order valence-electron chi connectivity index (χ2n) is 5.79. The predicted octanol–water partition coefficient (Wildman–Crippen LogP) is 3.96. The summed E-state index contributed by atoms with van der Waals surface area (Å²) in [6.07, 6.45) is 5.56. The second kappa shape index (κ2) is 7.30. The van der Waals surface area contributed by atoms with Crippen LogP contribution in [0.4, 0.5) is 0 Å². The molecule has 1 aliphatic carbocycles. The van der Waals surface area contributed by atoms with Crippen LogP contribution in [0.25, 0.3) is 0 Å². The Morgan fingerprint density at radius 1 is 1.26 bits per heavy atom. The monoisotopic (exact) mass is 278 g/mol. The maximum absolute atomic E-state index is 4.57. The average molecular weight is 278 g/mol. The lowest BCUT2D eigenvalue weighted by atomic mass is 9.86. The third-order valence-corrected chi connectivity index (χ3v) is 4.86.